The molecular weight excluding hydrogens is 269 g/mol. The number of nitrogens with one attached hydrogen (secondary N) is 1. The van der Waals surface area contributed by atoms with E-state index in [0.29, 0.717) is 12.4 Å². The first-order valence-electron chi connectivity index (χ1n) is 6.84. The van der Waals surface area contributed by atoms with Gasteiger partial charge in [0.25, 0.3) is 0 Å². The van der Waals surface area contributed by atoms with Gasteiger partial charge in [-0.25, -0.2) is 4.39 Å². The van der Waals surface area contributed by atoms with Crippen LogP contribution in [0.1, 0.15) is 18.5 Å². The van der Waals surface area contributed by atoms with Gasteiger partial charge in [-0.3, -0.25) is 9.98 Å². The molecule has 0 unspecified atom stereocenters. The molecule has 1 aromatic carbocycles. The lowest BCUT2D eigenvalue weighted by atomic mass is 10.0. The Labute approximate surface area is 122 Å². The highest BCUT2D eigenvalue weighted by Gasteiger charge is 2.26. The number of aromatic nitrogens is 1. The van der Waals surface area contributed by atoms with Gasteiger partial charge in [0, 0.05) is 18.5 Å². The zero-order valence-electron chi connectivity index (χ0n) is 11.7. The van der Waals surface area contributed by atoms with E-state index in [2.05, 4.69) is 22.2 Å². The first kappa shape index (κ1) is 13.5. The summed E-state index contributed by atoms with van der Waals surface area (Å²) in [4.78, 5) is 8.75. The highest BCUT2D eigenvalue weighted by molar-refractivity contribution is 5.86. The predicted molar refractivity (Wildman–Crippen MR) is 78.9 cm³/mol. The molecule has 108 valence electrons. The molecule has 0 radical (unpaired) electrons. The standard InChI is InChI=1S/C16H16FN3O/c1-11-16(12-4-3-7-18-9-12)20-15(19-11)10-21-14-6-2-5-13(17)8-14/h2-9,11,16H,10H2,1H3,(H,19,20)/t11-,16-/m1/s1. The van der Waals surface area contributed by atoms with Gasteiger partial charge in [0.05, 0.1) is 12.1 Å². The third-order valence-corrected chi connectivity index (χ3v) is 3.36. The highest BCUT2D eigenvalue weighted by atomic mass is 19.1. The Kier molecular flexibility index (Phi) is 3.81. The second-order valence-corrected chi connectivity index (χ2v) is 4.99. The van der Waals surface area contributed by atoms with Crippen molar-refractivity contribution in [1.29, 1.82) is 0 Å². The van der Waals surface area contributed by atoms with Crippen molar-refractivity contribution in [3.05, 3.63) is 60.2 Å². The zero-order chi connectivity index (χ0) is 14.7. The van der Waals surface area contributed by atoms with Crippen molar-refractivity contribution in [2.75, 3.05) is 6.61 Å². The molecule has 1 aliphatic rings. The normalized spacial score (nSPS) is 20.8. The molecule has 3 rings (SSSR count). The molecule has 21 heavy (non-hydrogen) atoms. The van der Waals surface area contributed by atoms with Gasteiger partial charge in [0.2, 0.25) is 0 Å². The van der Waals surface area contributed by atoms with Crippen LogP contribution in [0.4, 0.5) is 4.39 Å². The Hall–Kier alpha value is -2.43. The lowest BCUT2D eigenvalue weighted by Crippen LogP contribution is -2.32. The monoisotopic (exact) mass is 285 g/mol. The van der Waals surface area contributed by atoms with E-state index in [4.69, 9.17) is 4.74 Å². The van der Waals surface area contributed by atoms with Crippen molar-refractivity contribution in [1.82, 2.24) is 10.3 Å². The van der Waals surface area contributed by atoms with Crippen LogP contribution < -0.4 is 10.1 Å². The van der Waals surface area contributed by atoms with E-state index in [1.54, 1.807) is 18.3 Å². The van der Waals surface area contributed by atoms with Gasteiger partial charge in [-0.05, 0) is 30.7 Å². The Morgan fingerprint density at radius 1 is 1.29 bits per heavy atom. The van der Waals surface area contributed by atoms with Crippen LogP contribution in [-0.4, -0.2) is 23.5 Å². The molecule has 1 aromatic heterocycles. The van der Waals surface area contributed by atoms with Crippen LogP contribution in [0.25, 0.3) is 0 Å². The summed E-state index contributed by atoms with van der Waals surface area (Å²) in [7, 11) is 0. The van der Waals surface area contributed by atoms with E-state index >= 15 is 0 Å². The van der Waals surface area contributed by atoms with Crippen LogP contribution in [0.2, 0.25) is 0 Å². The second kappa shape index (κ2) is 5.91. The van der Waals surface area contributed by atoms with Crippen molar-refractivity contribution in [2.24, 2.45) is 4.99 Å². The molecule has 1 N–H and O–H groups in total. The topological polar surface area (TPSA) is 46.5 Å². The average Bonchev–Trinajstić information content (AvgIpc) is 2.87. The first-order chi connectivity index (χ1) is 10.2. The number of halogens is 1. The van der Waals surface area contributed by atoms with E-state index in [-0.39, 0.29) is 17.9 Å². The van der Waals surface area contributed by atoms with Gasteiger partial charge in [0.1, 0.15) is 24.0 Å². The highest BCUT2D eigenvalue weighted by Crippen LogP contribution is 2.24. The number of benzene rings is 1. The Morgan fingerprint density at radius 3 is 2.95 bits per heavy atom. The number of amidine groups is 1. The molecule has 0 spiro atoms. The maximum absolute atomic E-state index is 13.1. The second-order valence-electron chi connectivity index (χ2n) is 4.99. The molecule has 0 bridgehead atoms. The van der Waals surface area contributed by atoms with Gasteiger partial charge >= 0.3 is 0 Å². The van der Waals surface area contributed by atoms with Crippen LogP contribution in [-0.2, 0) is 0 Å². The van der Waals surface area contributed by atoms with Crippen LogP contribution in [0, 0.1) is 5.82 Å². The molecule has 0 saturated carbocycles. The minimum Gasteiger partial charge on any atom is -0.486 e. The van der Waals surface area contributed by atoms with Gasteiger partial charge in [-0.1, -0.05) is 12.1 Å². The molecule has 2 heterocycles. The first-order valence-corrected chi connectivity index (χ1v) is 6.84. The summed E-state index contributed by atoms with van der Waals surface area (Å²) in [6, 6.07) is 10.2. The SMILES string of the molecule is C[C@H]1NC(COc2cccc(F)c2)=N[C@H]1c1cccnc1. The maximum atomic E-state index is 13.1. The summed E-state index contributed by atoms with van der Waals surface area (Å²) in [5.74, 6) is 0.952. The predicted octanol–water partition coefficient (Wildman–Crippen LogP) is 2.73. The summed E-state index contributed by atoms with van der Waals surface area (Å²) >= 11 is 0. The molecule has 5 heteroatoms. The van der Waals surface area contributed by atoms with E-state index < -0.39 is 0 Å². The third-order valence-electron chi connectivity index (χ3n) is 3.36. The summed E-state index contributed by atoms with van der Waals surface area (Å²) < 4.78 is 18.6. The van der Waals surface area contributed by atoms with Gasteiger partial charge in [0.15, 0.2) is 0 Å². The largest absolute Gasteiger partial charge is 0.486 e. The molecule has 2 aromatic rings. The van der Waals surface area contributed by atoms with Crippen molar-refractivity contribution in [3.8, 4) is 5.75 Å². The molecule has 0 fully saturated rings. The smallest absolute Gasteiger partial charge is 0.145 e. The summed E-state index contributed by atoms with van der Waals surface area (Å²) in [6.07, 6.45) is 3.57. The summed E-state index contributed by atoms with van der Waals surface area (Å²) in [5, 5.41) is 3.29. The Morgan fingerprint density at radius 2 is 2.19 bits per heavy atom. The van der Waals surface area contributed by atoms with Crippen molar-refractivity contribution >= 4 is 5.84 Å². The molecule has 4 nitrogen and oxygen atoms in total. The lowest BCUT2D eigenvalue weighted by molar-refractivity contribution is 0.370. The zero-order valence-corrected chi connectivity index (χ0v) is 11.7. The number of pyridine rings is 1. The van der Waals surface area contributed by atoms with Crippen LogP contribution >= 0.6 is 0 Å². The number of aliphatic imine (C=N–C) groups is 1. The number of ether oxygens (including phenoxy) is 1. The van der Waals surface area contributed by atoms with E-state index in [9.17, 15) is 4.39 Å². The Balaban J connectivity index is 1.67. The van der Waals surface area contributed by atoms with Crippen molar-refractivity contribution in [3.63, 3.8) is 0 Å². The molecule has 0 saturated heterocycles. The molecule has 1 aliphatic heterocycles. The van der Waals surface area contributed by atoms with E-state index in [1.807, 2.05) is 18.3 Å². The number of nitrogens with zero attached hydrogens (tertiary/aromatic N) is 2. The van der Waals surface area contributed by atoms with Crippen LogP contribution in [0.5, 0.6) is 5.75 Å². The fraction of sp³-hybridized carbons (Fsp3) is 0.250. The quantitative estimate of drug-likeness (QED) is 0.939. The van der Waals surface area contributed by atoms with E-state index in [1.165, 1.54) is 12.1 Å². The molecule has 2 atom stereocenters. The molecule has 0 amide bonds. The van der Waals surface area contributed by atoms with Crippen LogP contribution in [0.3, 0.4) is 0 Å². The number of rotatable bonds is 4. The fourth-order valence-electron chi connectivity index (χ4n) is 2.36. The maximum Gasteiger partial charge on any atom is 0.145 e. The summed E-state index contributed by atoms with van der Waals surface area (Å²) in [5.41, 5.74) is 1.07. The van der Waals surface area contributed by atoms with E-state index in [0.717, 1.165) is 11.4 Å². The minimum absolute atomic E-state index is 0.0322. The summed E-state index contributed by atoms with van der Waals surface area (Å²) in [6.45, 7) is 2.36. The van der Waals surface area contributed by atoms with Gasteiger partial charge < -0.3 is 10.1 Å². The van der Waals surface area contributed by atoms with Crippen molar-refractivity contribution < 1.29 is 9.13 Å². The molecule has 0 aliphatic carbocycles. The van der Waals surface area contributed by atoms with Gasteiger partial charge in [-0.2, -0.15) is 0 Å². The number of hydrogen-bond acceptors (Lipinski definition) is 4. The number of hydrogen-bond donors (Lipinski definition) is 1. The van der Waals surface area contributed by atoms with Crippen LogP contribution in [0.15, 0.2) is 53.8 Å². The fourth-order valence-corrected chi connectivity index (χ4v) is 2.36. The Bertz CT molecular complexity index is 645. The van der Waals surface area contributed by atoms with Gasteiger partial charge in [-0.15, -0.1) is 0 Å². The van der Waals surface area contributed by atoms with Crippen molar-refractivity contribution in [2.45, 2.75) is 19.0 Å². The third kappa shape index (κ3) is 3.18. The molecular formula is C16H16FN3O. The average molecular weight is 285 g/mol. The lowest BCUT2D eigenvalue weighted by Gasteiger charge is -2.13. The minimum atomic E-state index is -0.310.